The number of nitrogens with zero attached hydrogens (tertiary/aromatic N) is 2. The monoisotopic (exact) mass is 330 g/mol. The summed E-state index contributed by atoms with van der Waals surface area (Å²) in [5.74, 6) is 0.158. The van der Waals surface area contributed by atoms with Gasteiger partial charge in [0.1, 0.15) is 0 Å². The number of piperidine rings is 1. The van der Waals surface area contributed by atoms with Crippen LogP contribution in [0.5, 0.6) is 0 Å². The van der Waals surface area contributed by atoms with Gasteiger partial charge in [0, 0.05) is 31.2 Å². The second-order valence-corrected chi connectivity index (χ2v) is 7.95. The molecular weight excluding hydrogens is 300 g/mol. The Morgan fingerprint density at radius 1 is 1.25 bits per heavy atom. The third-order valence-corrected chi connectivity index (χ3v) is 5.32. The van der Waals surface area contributed by atoms with Crippen LogP contribution in [-0.2, 0) is 6.42 Å². The molecule has 1 N–H and O–H groups in total. The van der Waals surface area contributed by atoms with E-state index in [2.05, 4.69) is 4.90 Å². The molecule has 2 fully saturated rings. The number of carbonyl (C=O) groups is 1. The first kappa shape index (κ1) is 17.4. The van der Waals surface area contributed by atoms with Crippen molar-refractivity contribution in [2.45, 2.75) is 57.6 Å². The van der Waals surface area contributed by atoms with Crippen molar-refractivity contribution in [2.75, 3.05) is 26.2 Å². The number of rotatable bonds is 4. The van der Waals surface area contributed by atoms with Crippen molar-refractivity contribution in [3.8, 4) is 0 Å². The van der Waals surface area contributed by atoms with E-state index in [0.29, 0.717) is 12.5 Å². The van der Waals surface area contributed by atoms with E-state index >= 15 is 0 Å². The molecule has 0 aliphatic carbocycles. The van der Waals surface area contributed by atoms with Gasteiger partial charge in [-0.25, -0.2) is 0 Å². The average Bonchev–Trinajstić information content (AvgIpc) is 2.58. The van der Waals surface area contributed by atoms with Crippen LogP contribution in [0.4, 0.5) is 0 Å². The molecule has 4 heteroatoms. The molecule has 2 aliphatic heterocycles. The van der Waals surface area contributed by atoms with E-state index < -0.39 is 5.60 Å². The Bertz CT molecular complexity index is 579. The Balaban J connectivity index is 1.64. The van der Waals surface area contributed by atoms with Crippen molar-refractivity contribution < 1.29 is 9.90 Å². The maximum Gasteiger partial charge on any atom is 0.253 e. The number of aryl methyl sites for hydroxylation is 1. The highest BCUT2D eigenvalue weighted by molar-refractivity contribution is 5.94. The quantitative estimate of drug-likeness (QED) is 0.923. The number of piperazine rings is 1. The molecule has 1 amide bonds. The minimum Gasteiger partial charge on any atom is -0.390 e. The molecule has 132 valence electrons. The van der Waals surface area contributed by atoms with E-state index in [1.54, 1.807) is 0 Å². The van der Waals surface area contributed by atoms with Crippen molar-refractivity contribution in [1.29, 1.82) is 0 Å². The van der Waals surface area contributed by atoms with Gasteiger partial charge in [-0.1, -0.05) is 18.6 Å². The number of amides is 1. The molecule has 2 aliphatic rings. The van der Waals surface area contributed by atoms with Crippen molar-refractivity contribution in [3.63, 3.8) is 0 Å². The largest absolute Gasteiger partial charge is 0.390 e. The van der Waals surface area contributed by atoms with Crippen LogP contribution in [0.1, 0.15) is 55.5 Å². The number of fused-ring (bicyclic) bond motifs is 1. The van der Waals surface area contributed by atoms with E-state index in [0.717, 1.165) is 37.2 Å². The van der Waals surface area contributed by atoms with E-state index in [1.807, 2.05) is 43.0 Å². The summed E-state index contributed by atoms with van der Waals surface area (Å²) >= 11 is 0. The van der Waals surface area contributed by atoms with Gasteiger partial charge in [-0.15, -0.1) is 0 Å². The smallest absolute Gasteiger partial charge is 0.253 e. The third kappa shape index (κ3) is 4.37. The third-order valence-electron chi connectivity index (χ3n) is 5.32. The van der Waals surface area contributed by atoms with Gasteiger partial charge in [-0.2, -0.15) is 0 Å². The fraction of sp³-hybridized carbons (Fsp3) is 0.650. The van der Waals surface area contributed by atoms with Gasteiger partial charge < -0.3 is 10.0 Å². The molecule has 1 unspecified atom stereocenters. The van der Waals surface area contributed by atoms with E-state index in [-0.39, 0.29) is 5.91 Å². The van der Waals surface area contributed by atoms with E-state index in [1.165, 1.54) is 25.8 Å². The van der Waals surface area contributed by atoms with Crippen LogP contribution >= 0.6 is 0 Å². The lowest BCUT2D eigenvalue weighted by molar-refractivity contribution is 0.0372. The van der Waals surface area contributed by atoms with Gasteiger partial charge >= 0.3 is 0 Å². The zero-order chi connectivity index (χ0) is 17.2. The number of hydrogen-bond donors (Lipinski definition) is 1. The SMILES string of the molecule is CC(C)(O)CCc1cccc(C(=O)N2CCN3CCCCC3C2)c1. The summed E-state index contributed by atoms with van der Waals surface area (Å²) in [6, 6.07) is 8.48. The number of hydrogen-bond acceptors (Lipinski definition) is 3. The normalized spacial score (nSPS) is 22.3. The second-order valence-electron chi connectivity index (χ2n) is 7.95. The summed E-state index contributed by atoms with van der Waals surface area (Å²) in [4.78, 5) is 17.5. The van der Waals surface area contributed by atoms with Crippen LogP contribution in [0.2, 0.25) is 0 Å². The van der Waals surface area contributed by atoms with Crippen LogP contribution in [0.15, 0.2) is 24.3 Å². The zero-order valence-corrected chi connectivity index (χ0v) is 15.0. The Morgan fingerprint density at radius 3 is 2.88 bits per heavy atom. The van der Waals surface area contributed by atoms with Gasteiger partial charge in [0.15, 0.2) is 0 Å². The molecule has 1 aromatic rings. The standard InChI is InChI=1S/C20H30N2O2/c1-20(2,24)10-9-16-6-5-7-17(14-16)19(23)22-13-12-21-11-4-3-8-18(21)15-22/h5-7,14,18,24H,3-4,8-13,15H2,1-2H3. The van der Waals surface area contributed by atoms with Gasteiger partial charge in [-0.05, 0) is 63.8 Å². The molecule has 2 heterocycles. The van der Waals surface area contributed by atoms with Gasteiger partial charge in [-0.3, -0.25) is 9.69 Å². The summed E-state index contributed by atoms with van der Waals surface area (Å²) in [5, 5.41) is 9.89. The zero-order valence-electron chi connectivity index (χ0n) is 15.0. The van der Waals surface area contributed by atoms with Gasteiger partial charge in [0.25, 0.3) is 5.91 Å². The summed E-state index contributed by atoms with van der Waals surface area (Å²) in [7, 11) is 0. The molecule has 4 nitrogen and oxygen atoms in total. The molecule has 3 rings (SSSR count). The maximum atomic E-state index is 12.9. The summed E-state index contributed by atoms with van der Waals surface area (Å²) in [5.41, 5.74) is 1.24. The Labute approximate surface area is 145 Å². The maximum absolute atomic E-state index is 12.9. The fourth-order valence-electron chi connectivity index (χ4n) is 3.83. The molecule has 0 saturated carbocycles. The summed E-state index contributed by atoms with van der Waals surface area (Å²) in [6.07, 6.45) is 5.30. The van der Waals surface area contributed by atoms with Gasteiger partial charge in [0.05, 0.1) is 5.60 Å². The molecule has 0 bridgehead atoms. The molecule has 1 aromatic carbocycles. The van der Waals surface area contributed by atoms with Crippen molar-refractivity contribution >= 4 is 5.91 Å². The Hall–Kier alpha value is -1.39. The Kier molecular flexibility index (Phi) is 5.26. The lowest BCUT2D eigenvalue weighted by Gasteiger charge is -2.44. The number of carbonyl (C=O) groups excluding carboxylic acids is 1. The molecule has 0 radical (unpaired) electrons. The summed E-state index contributed by atoms with van der Waals surface area (Å²) in [6.45, 7) is 7.56. The minimum absolute atomic E-state index is 0.158. The number of benzene rings is 1. The number of aliphatic hydroxyl groups is 1. The molecule has 0 aromatic heterocycles. The highest BCUT2D eigenvalue weighted by Crippen LogP contribution is 2.22. The first-order chi connectivity index (χ1) is 11.4. The average molecular weight is 330 g/mol. The predicted octanol–water partition coefficient (Wildman–Crippen LogP) is 2.70. The van der Waals surface area contributed by atoms with Crippen LogP contribution in [0.25, 0.3) is 0 Å². The first-order valence-corrected chi connectivity index (χ1v) is 9.27. The van der Waals surface area contributed by atoms with Gasteiger partial charge in [0.2, 0.25) is 0 Å². The van der Waals surface area contributed by atoms with Crippen LogP contribution in [-0.4, -0.2) is 58.6 Å². The first-order valence-electron chi connectivity index (χ1n) is 9.27. The van der Waals surface area contributed by atoms with E-state index in [9.17, 15) is 9.90 Å². The highest BCUT2D eigenvalue weighted by atomic mass is 16.3. The molecule has 0 spiro atoms. The van der Waals surface area contributed by atoms with Crippen LogP contribution < -0.4 is 0 Å². The van der Waals surface area contributed by atoms with Crippen molar-refractivity contribution in [1.82, 2.24) is 9.80 Å². The van der Waals surface area contributed by atoms with E-state index in [4.69, 9.17) is 0 Å². The molecule has 24 heavy (non-hydrogen) atoms. The molecule has 1 atom stereocenters. The predicted molar refractivity (Wildman–Crippen MR) is 96.2 cm³/mol. The molecular formula is C20H30N2O2. The second kappa shape index (κ2) is 7.24. The van der Waals surface area contributed by atoms with Crippen molar-refractivity contribution in [3.05, 3.63) is 35.4 Å². The summed E-state index contributed by atoms with van der Waals surface area (Å²) < 4.78 is 0. The van der Waals surface area contributed by atoms with Crippen LogP contribution in [0.3, 0.4) is 0 Å². The topological polar surface area (TPSA) is 43.8 Å². The molecule has 2 saturated heterocycles. The van der Waals surface area contributed by atoms with Crippen molar-refractivity contribution in [2.24, 2.45) is 0 Å². The highest BCUT2D eigenvalue weighted by Gasteiger charge is 2.31. The minimum atomic E-state index is -0.669. The Morgan fingerprint density at radius 2 is 2.08 bits per heavy atom. The lowest BCUT2D eigenvalue weighted by Crippen LogP contribution is -2.56. The lowest BCUT2D eigenvalue weighted by atomic mass is 9.97. The van der Waals surface area contributed by atoms with Crippen LogP contribution in [0, 0.1) is 0 Å². The fourth-order valence-corrected chi connectivity index (χ4v) is 3.83.